The maximum atomic E-state index is 14.7. The predicted octanol–water partition coefficient (Wildman–Crippen LogP) is -0.144. The number of hydrogen-bond donors (Lipinski definition) is 12. The summed E-state index contributed by atoms with van der Waals surface area (Å²) in [5, 5.41) is 128. The molecule has 4 aromatic rings. The Morgan fingerprint density at radius 2 is 1.23 bits per heavy atom. The molecule has 4 aliphatic rings. The van der Waals surface area contributed by atoms with Crippen molar-refractivity contribution in [1.82, 2.24) is 0 Å². The standard InChI is InChI=1S/C43H34O28/c1-63-20(49)8-43-24(34(40(61)64-2)69-42(43)62)23-13(7-18(48)28(53)33(23)71-43)39(60)67-32-19-9-65-37(58)11-5-16(46)26(51)29(54)21(11)22-12(6-17(47)27(52)30(22)55)38(59)68-35(32)31(56)41(66-19)70-36(57)10-3-14(44)25(50)15(45)4-10/h3-7,19,24,31-32,34-35,41,44-48,50-56H,8-9H2,1-2H3/t19-,24+,31-,32-,34+,35-,41-,43+/m1/s1. The van der Waals surface area contributed by atoms with E-state index in [9.17, 15) is 94.8 Å². The fourth-order valence-corrected chi connectivity index (χ4v) is 8.39. The lowest BCUT2D eigenvalue weighted by molar-refractivity contribution is -0.283. The Hall–Kier alpha value is -9.31. The van der Waals surface area contributed by atoms with E-state index in [-0.39, 0.29) is 0 Å². The molecule has 0 aliphatic carbocycles. The first kappa shape index (κ1) is 48.2. The van der Waals surface area contributed by atoms with Crippen LogP contribution in [-0.2, 0) is 52.3 Å². The van der Waals surface area contributed by atoms with Gasteiger partial charge in [0.1, 0.15) is 12.7 Å². The van der Waals surface area contributed by atoms with E-state index in [1.54, 1.807) is 0 Å². The third-order valence-electron chi connectivity index (χ3n) is 11.7. The molecule has 0 radical (unpaired) electrons. The van der Waals surface area contributed by atoms with Crippen LogP contribution in [0.5, 0.6) is 69.0 Å². The number of aliphatic hydroxyl groups is 1. The molecule has 8 atom stereocenters. The molecule has 28 heteroatoms. The SMILES string of the molecule is COC(=O)C[C@]12Oc3c(O)c(O)cc(C(=O)O[C@H]4[C@@H]5OC(=O)c6cc(O)c(O)c(O)c6-c6c(cc(O)c(O)c6O)C(=O)OC[C@H]4O[C@H](OC(=O)c4cc(O)c(O)c(O)c4)[C@@H]5O)c3[C@H]1[C@@H](C(=O)OC)OC2=O. The molecule has 71 heavy (non-hydrogen) atoms. The van der Waals surface area contributed by atoms with E-state index in [1.807, 2.05) is 0 Å². The van der Waals surface area contributed by atoms with Crippen LogP contribution < -0.4 is 4.74 Å². The molecule has 0 aromatic heterocycles. The number of methoxy groups -OCH3 is 2. The summed E-state index contributed by atoms with van der Waals surface area (Å²) in [5.41, 5.74) is -9.24. The van der Waals surface area contributed by atoms with Gasteiger partial charge in [0.15, 0.2) is 70.1 Å². The van der Waals surface area contributed by atoms with E-state index < -0.39 is 211 Å². The van der Waals surface area contributed by atoms with Gasteiger partial charge in [-0.1, -0.05) is 0 Å². The Morgan fingerprint density at radius 1 is 0.662 bits per heavy atom. The summed E-state index contributed by atoms with van der Waals surface area (Å²) < 4.78 is 48.2. The van der Waals surface area contributed by atoms with Crippen molar-refractivity contribution in [2.24, 2.45) is 0 Å². The number of phenols is 11. The lowest BCUT2D eigenvalue weighted by atomic mass is 9.78. The van der Waals surface area contributed by atoms with Crippen LogP contribution >= 0.6 is 0 Å². The van der Waals surface area contributed by atoms with Gasteiger partial charge in [-0.25, -0.2) is 28.8 Å². The zero-order valence-electron chi connectivity index (χ0n) is 35.7. The summed E-state index contributed by atoms with van der Waals surface area (Å²) >= 11 is 0. The van der Waals surface area contributed by atoms with Gasteiger partial charge in [0.25, 0.3) is 0 Å². The number of benzene rings is 4. The molecule has 2 fully saturated rings. The van der Waals surface area contributed by atoms with Crippen molar-refractivity contribution in [3.8, 4) is 80.1 Å². The molecule has 374 valence electrons. The Morgan fingerprint density at radius 3 is 1.80 bits per heavy atom. The van der Waals surface area contributed by atoms with Gasteiger partial charge in [-0.2, -0.15) is 0 Å². The molecule has 8 rings (SSSR count). The summed E-state index contributed by atoms with van der Waals surface area (Å²) in [6, 6.07) is 2.54. The molecule has 0 unspecified atom stereocenters. The number of ether oxygens (including phenoxy) is 9. The van der Waals surface area contributed by atoms with Gasteiger partial charge >= 0.3 is 41.8 Å². The summed E-state index contributed by atoms with van der Waals surface area (Å²) in [6.45, 7) is -1.28. The second-order valence-corrected chi connectivity index (χ2v) is 15.8. The maximum absolute atomic E-state index is 14.7. The van der Waals surface area contributed by atoms with Gasteiger partial charge in [0, 0.05) is 16.7 Å². The van der Waals surface area contributed by atoms with Crippen LogP contribution in [-0.4, -0.2) is 166 Å². The number of aromatic hydroxyl groups is 11. The predicted molar refractivity (Wildman–Crippen MR) is 216 cm³/mol. The molecule has 4 aliphatic heterocycles. The largest absolute Gasteiger partial charge is 0.504 e. The molecule has 12 N–H and O–H groups in total. The summed E-state index contributed by atoms with van der Waals surface area (Å²) in [7, 11) is 1.79. The minimum Gasteiger partial charge on any atom is -0.504 e. The van der Waals surface area contributed by atoms with Crippen LogP contribution in [0.1, 0.15) is 59.3 Å². The number of carbonyl (C=O) groups excluding carboxylic acids is 7. The highest BCUT2D eigenvalue weighted by molar-refractivity contribution is 6.08. The molecular formula is C43H34O28. The third kappa shape index (κ3) is 7.61. The van der Waals surface area contributed by atoms with E-state index >= 15 is 0 Å². The summed E-state index contributed by atoms with van der Waals surface area (Å²) in [5.74, 6) is -27.1. The molecule has 0 spiro atoms. The van der Waals surface area contributed by atoms with Crippen molar-refractivity contribution in [2.75, 3.05) is 20.8 Å². The zero-order valence-corrected chi connectivity index (χ0v) is 35.7. The van der Waals surface area contributed by atoms with Gasteiger partial charge in [0.05, 0.1) is 48.8 Å². The van der Waals surface area contributed by atoms with Gasteiger partial charge < -0.3 is 104 Å². The Bertz CT molecular complexity index is 2990. The average Bonchev–Trinajstić information content (AvgIpc) is 3.81. The zero-order chi connectivity index (χ0) is 51.9. The van der Waals surface area contributed by atoms with Crippen LogP contribution in [0.15, 0.2) is 30.3 Å². The van der Waals surface area contributed by atoms with E-state index in [0.717, 1.165) is 14.2 Å². The summed E-state index contributed by atoms with van der Waals surface area (Å²) in [4.78, 5) is 95.9. The van der Waals surface area contributed by atoms with E-state index in [4.69, 9.17) is 42.6 Å². The number of cyclic esters (lactones) is 2. The van der Waals surface area contributed by atoms with Crippen molar-refractivity contribution >= 4 is 41.8 Å². The third-order valence-corrected chi connectivity index (χ3v) is 11.7. The molecule has 4 aromatic carbocycles. The van der Waals surface area contributed by atoms with Crippen LogP contribution in [0.3, 0.4) is 0 Å². The first-order valence-corrected chi connectivity index (χ1v) is 20.0. The highest BCUT2D eigenvalue weighted by Crippen LogP contribution is 2.60. The number of aliphatic hydroxyl groups excluding tert-OH is 1. The molecule has 2 saturated heterocycles. The Labute approximate surface area is 392 Å². The minimum atomic E-state index is -2.61. The normalized spacial score (nSPS) is 24.1. The molecule has 28 nitrogen and oxygen atoms in total. The van der Waals surface area contributed by atoms with Crippen LogP contribution in [0.2, 0.25) is 0 Å². The number of fused-ring (bicyclic) bond motifs is 8. The molecule has 4 heterocycles. The van der Waals surface area contributed by atoms with Crippen molar-refractivity contribution in [3.63, 3.8) is 0 Å². The monoisotopic (exact) mass is 998 g/mol. The maximum Gasteiger partial charge on any atom is 0.352 e. The van der Waals surface area contributed by atoms with Gasteiger partial charge in [-0.3, -0.25) is 4.79 Å². The van der Waals surface area contributed by atoms with Crippen molar-refractivity contribution in [1.29, 1.82) is 0 Å². The lowest BCUT2D eigenvalue weighted by Gasteiger charge is -2.42. The number of phenolic OH excluding ortho intramolecular Hbond substituents is 11. The molecule has 2 bridgehead atoms. The second kappa shape index (κ2) is 17.3. The van der Waals surface area contributed by atoms with Gasteiger partial charge in [-0.05, 0) is 30.3 Å². The Kier molecular flexibility index (Phi) is 11.8. The van der Waals surface area contributed by atoms with E-state index in [1.165, 1.54) is 0 Å². The lowest BCUT2D eigenvalue weighted by Crippen LogP contribution is -2.62. The average molecular weight is 999 g/mol. The number of carbonyl (C=O) groups is 7. The van der Waals surface area contributed by atoms with Crippen LogP contribution in [0, 0.1) is 0 Å². The van der Waals surface area contributed by atoms with Crippen LogP contribution in [0.4, 0.5) is 0 Å². The van der Waals surface area contributed by atoms with E-state index in [0.29, 0.717) is 30.3 Å². The molecule has 0 saturated carbocycles. The Balaban J connectivity index is 1.29. The fraction of sp³-hybridized carbons (Fsp3) is 0.279. The quantitative estimate of drug-likeness (QED) is 0.0651. The van der Waals surface area contributed by atoms with Gasteiger partial charge in [-0.15, -0.1) is 0 Å². The summed E-state index contributed by atoms with van der Waals surface area (Å²) in [6.07, 6.45) is -15.3. The second-order valence-electron chi connectivity index (χ2n) is 15.8. The van der Waals surface area contributed by atoms with Gasteiger partial charge in [0.2, 0.25) is 35.2 Å². The smallest absolute Gasteiger partial charge is 0.352 e. The number of rotatable bonds is 7. The number of hydrogen-bond acceptors (Lipinski definition) is 28. The van der Waals surface area contributed by atoms with Crippen molar-refractivity contribution in [3.05, 3.63) is 58.1 Å². The highest BCUT2D eigenvalue weighted by Gasteiger charge is 2.69. The first-order chi connectivity index (χ1) is 33.4. The number of esters is 7. The first-order valence-electron chi connectivity index (χ1n) is 20.0. The van der Waals surface area contributed by atoms with Crippen LogP contribution in [0.25, 0.3) is 11.1 Å². The van der Waals surface area contributed by atoms with Crippen molar-refractivity contribution < 1.29 is 137 Å². The minimum absolute atomic E-state index is 0.383. The van der Waals surface area contributed by atoms with Crippen molar-refractivity contribution in [2.45, 2.75) is 54.7 Å². The molecule has 0 amide bonds. The molecular weight excluding hydrogens is 964 g/mol. The highest BCUT2D eigenvalue weighted by atomic mass is 16.7. The van der Waals surface area contributed by atoms with E-state index in [2.05, 4.69) is 0 Å². The fourth-order valence-electron chi connectivity index (χ4n) is 8.39. The topological polar surface area (TPSA) is 445 Å².